The fourth-order valence-electron chi connectivity index (χ4n) is 3.77. The van der Waals surface area contributed by atoms with Gasteiger partial charge in [0.25, 0.3) is 5.91 Å². The molecule has 0 radical (unpaired) electrons. The Hall–Kier alpha value is -4.06. The van der Waals surface area contributed by atoms with Crippen molar-refractivity contribution in [2.24, 2.45) is 0 Å². The predicted molar refractivity (Wildman–Crippen MR) is 129 cm³/mol. The van der Waals surface area contributed by atoms with Crippen molar-refractivity contribution < 1.29 is 19.0 Å². The topological polar surface area (TPSA) is 69.7 Å². The van der Waals surface area contributed by atoms with E-state index in [0.717, 1.165) is 27.8 Å². The average molecular weight is 443 g/mol. The van der Waals surface area contributed by atoms with Crippen molar-refractivity contribution in [1.29, 1.82) is 0 Å². The Balaban J connectivity index is 1.75. The lowest BCUT2D eigenvalue weighted by molar-refractivity contribution is 0.0941. The van der Waals surface area contributed by atoms with E-state index >= 15 is 0 Å². The zero-order chi connectivity index (χ0) is 23.4. The van der Waals surface area contributed by atoms with E-state index in [0.29, 0.717) is 22.8 Å². The van der Waals surface area contributed by atoms with Crippen LogP contribution in [0.3, 0.4) is 0 Å². The molecule has 6 heteroatoms. The number of aromatic nitrogens is 1. The number of nitrogens with one attached hydrogen (secondary N) is 1. The van der Waals surface area contributed by atoms with Gasteiger partial charge in [-0.05, 0) is 55.0 Å². The average Bonchev–Trinajstić information content (AvgIpc) is 2.87. The predicted octanol–water partition coefficient (Wildman–Crippen LogP) is 5.42. The molecule has 33 heavy (non-hydrogen) atoms. The largest absolute Gasteiger partial charge is 0.497 e. The maximum atomic E-state index is 13.4. The van der Waals surface area contributed by atoms with Gasteiger partial charge in [-0.25, -0.2) is 4.98 Å². The highest BCUT2D eigenvalue weighted by atomic mass is 16.5. The molecule has 1 amide bonds. The third-order valence-corrected chi connectivity index (χ3v) is 5.61. The zero-order valence-electron chi connectivity index (χ0n) is 19.1. The van der Waals surface area contributed by atoms with Gasteiger partial charge >= 0.3 is 0 Å². The molecule has 0 aliphatic carbocycles. The fraction of sp³-hybridized carbons (Fsp3) is 0.185. The number of para-hydroxylation sites is 1. The molecule has 6 nitrogen and oxygen atoms in total. The van der Waals surface area contributed by atoms with Crippen molar-refractivity contribution >= 4 is 16.8 Å². The Bertz CT molecular complexity index is 1290. The molecule has 1 aromatic heterocycles. The van der Waals surface area contributed by atoms with Crippen LogP contribution in [0, 0.1) is 0 Å². The normalized spacial score (nSPS) is 11.6. The number of rotatable bonds is 7. The van der Waals surface area contributed by atoms with E-state index in [1.807, 2.05) is 73.7 Å². The number of nitrogens with zero attached hydrogens (tertiary/aromatic N) is 1. The summed E-state index contributed by atoms with van der Waals surface area (Å²) in [6, 6.07) is 22.4. The molecule has 0 bridgehead atoms. The van der Waals surface area contributed by atoms with Gasteiger partial charge in [0.1, 0.15) is 17.2 Å². The minimum Gasteiger partial charge on any atom is -0.497 e. The van der Waals surface area contributed by atoms with Gasteiger partial charge in [-0.1, -0.05) is 30.3 Å². The van der Waals surface area contributed by atoms with E-state index in [2.05, 4.69) is 5.32 Å². The van der Waals surface area contributed by atoms with Crippen molar-refractivity contribution in [2.75, 3.05) is 21.3 Å². The quantitative estimate of drug-likeness (QED) is 0.414. The maximum absolute atomic E-state index is 13.4. The second-order valence-electron chi connectivity index (χ2n) is 7.61. The highest BCUT2D eigenvalue weighted by molar-refractivity contribution is 6.07. The minimum atomic E-state index is -0.190. The van der Waals surface area contributed by atoms with Crippen LogP contribution in [0.25, 0.3) is 22.2 Å². The molecule has 0 unspecified atom stereocenters. The molecule has 4 rings (SSSR count). The Kier molecular flexibility index (Phi) is 6.45. The Morgan fingerprint density at radius 1 is 0.848 bits per heavy atom. The van der Waals surface area contributed by atoms with Crippen LogP contribution in [0.1, 0.15) is 28.9 Å². The summed E-state index contributed by atoms with van der Waals surface area (Å²) < 4.78 is 16.2. The molecule has 0 fully saturated rings. The van der Waals surface area contributed by atoms with E-state index in [-0.39, 0.29) is 11.9 Å². The molecule has 1 atom stereocenters. The van der Waals surface area contributed by atoms with Crippen molar-refractivity contribution in [2.45, 2.75) is 13.0 Å². The minimum absolute atomic E-state index is 0.181. The van der Waals surface area contributed by atoms with Crippen molar-refractivity contribution in [1.82, 2.24) is 10.3 Å². The standard InChI is InChI=1S/C27H26N2O4/c1-17(18-9-11-19(31-2)12-10-18)28-27(30)22-16-25(29-24-8-6-5-7-21(22)24)23-15-20(32-3)13-14-26(23)33-4/h5-17H,1-4H3,(H,28,30)/t17-/m1/s1. The smallest absolute Gasteiger partial charge is 0.252 e. The van der Waals surface area contributed by atoms with Crippen LogP contribution in [0.2, 0.25) is 0 Å². The summed E-state index contributed by atoms with van der Waals surface area (Å²) in [5.41, 5.74) is 3.63. The van der Waals surface area contributed by atoms with Gasteiger partial charge < -0.3 is 19.5 Å². The maximum Gasteiger partial charge on any atom is 0.252 e. The number of hydrogen-bond donors (Lipinski definition) is 1. The van der Waals surface area contributed by atoms with Gasteiger partial charge in [0, 0.05) is 10.9 Å². The van der Waals surface area contributed by atoms with Crippen molar-refractivity contribution in [3.63, 3.8) is 0 Å². The van der Waals surface area contributed by atoms with E-state index in [4.69, 9.17) is 19.2 Å². The van der Waals surface area contributed by atoms with Gasteiger partial charge in [0.15, 0.2) is 0 Å². The van der Waals surface area contributed by atoms with E-state index in [1.54, 1.807) is 27.4 Å². The summed E-state index contributed by atoms with van der Waals surface area (Å²) in [4.78, 5) is 18.2. The van der Waals surface area contributed by atoms with Crippen LogP contribution in [0.15, 0.2) is 72.8 Å². The highest BCUT2D eigenvalue weighted by Crippen LogP contribution is 2.34. The Morgan fingerprint density at radius 2 is 1.55 bits per heavy atom. The lowest BCUT2D eigenvalue weighted by Gasteiger charge is -2.17. The molecular formula is C27H26N2O4. The molecule has 1 N–H and O–H groups in total. The molecule has 0 aliphatic rings. The number of methoxy groups -OCH3 is 3. The van der Waals surface area contributed by atoms with Crippen molar-refractivity contribution in [3.05, 3.63) is 83.9 Å². The lowest BCUT2D eigenvalue weighted by atomic mass is 10.0. The van der Waals surface area contributed by atoms with Crippen LogP contribution in [-0.2, 0) is 0 Å². The number of carbonyl (C=O) groups is 1. The van der Waals surface area contributed by atoms with Crippen LogP contribution in [-0.4, -0.2) is 32.2 Å². The molecular weight excluding hydrogens is 416 g/mol. The lowest BCUT2D eigenvalue weighted by Crippen LogP contribution is -2.27. The number of pyridine rings is 1. The number of fused-ring (bicyclic) bond motifs is 1. The summed E-state index contributed by atoms with van der Waals surface area (Å²) in [6.45, 7) is 1.95. The van der Waals surface area contributed by atoms with Gasteiger partial charge in [-0.15, -0.1) is 0 Å². The summed E-state index contributed by atoms with van der Waals surface area (Å²) >= 11 is 0. The summed E-state index contributed by atoms with van der Waals surface area (Å²) in [6.07, 6.45) is 0. The number of benzene rings is 3. The number of carbonyl (C=O) groups excluding carboxylic acids is 1. The molecule has 3 aromatic carbocycles. The second kappa shape index (κ2) is 9.61. The summed E-state index contributed by atoms with van der Waals surface area (Å²) in [5, 5.41) is 3.89. The van der Waals surface area contributed by atoms with Gasteiger partial charge in [0.2, 0.25) is 0 Å². The van der Waals surface area contributed by atoms with Crippen LogP contribution < -0.4 is 19.5 Å². The van der Waals surface area contributed by atoms with E-state index in [1.165, 1.54) is 0 Å². The SMILES string of the molecule is COc1ccc([C@@H](C)NC(=O)c2cc(-c3cc(OC)ccc3OC)nc3ccccc23)cc1. The third-order valence-electron chi connectivity index (χ3n) is 5.61. The molecule has 168 valence electrons. The monoisotopic (exact) mass is 442 g/mol. The number of amides is 1. The zero-order valence-corrected chi connectivity index (χ0v) is 19.1. The first kappa shape index (κ1) is 22.1. The first-order chi connectivity index (χ1) is 16.0. The Morgan fingerprint density at radius 3 is 2.24 bits per heavy atom. The van der Waals surface area contributed by atoms with E-state index < -0.39 is 0 Å². The van der Waals surface area contributed by atoms with Gasteiger partial charge in [0.05, 0.1) is 44.1 Å². The molecule has 1 heterocycles. The van der Waals surface area contributed by atoms with Gasteiger partial charge in [-0.3, -0.25) is 4.79 Å². The molecule has 0 saturated heterocycles. The molecule has 4 aromatic rings. The van der Waals surface area contributed by atoms with Crippen LogP contribution in [0.4, 0.5) is 0 Å². The van der Waals surface area contributed by atoms with Crippen LogP contribution in [0.5, 0.6) is 17.2 Å². The fourth-order valence-corrected chi connectivity index (χ4v) is 3.77. The van der Waals surface area contributed by atoms with Gasteiger partial charge in [-0.2, -0.15) is 0 Å². The number of ether oxygens (including phenoxy) is 3. The van der Waals surface area contributed by atoms with Crippen molar-refractivity contribution in [3.8, 4) is 28.5 Å². The number of hydrogen-bond acceptors (Lipinski definition) is 5. The first-order valence-electron chi connectivity index (χ1n) is 10.6. The van der Waals surface area contributed by atoms with E-state index in [9.17, 15) is 4.79 Å². The second-order valence-corrected chi connectivity index (χ2v) is 7.61. The molecule has 0 aliphatic heterocycles. The summed E-state index contributed by atoms with van der Waals surface area (Å²) in [7, 11) is 4.85. The summed E-state index contributed by atoms with van der Waals surface area (Å²) in [5.74, 6) is 1.92. The first-order valence-corrected chi connectivity index (χ1v) is 10.6. The Labute approximate surface area is 193 Å². The molecule has 0 saturated carbocycles. The third kappa shape index (κ3) is 4.60. The van der Waals surface area contributed by atoms with Crippen LogP contribution >= 0.6 is 0 Å². The highest BCUT2D eigenvalue weighted by Gasteiger charge is 2.18. The molecule has 0 spiro atoms.